The molecule has 0 amide bonds. The fourth-order valence-electron chi connectivity index (χ4n) is 2.90. The fraction of sp³-hybridized carbons (Fsp3) is 0.0952. The molecule has 2 N–H and O–H groups in total. The Morgan fingerprint density at radius 2 is 1.71 bits per heavy atom. The lowest BCUT2D eigenvalue weighted by atomic mass is 10.1. The number of nitro benzene ring substituents is 1. The number of anilines is 2. The van der Waals surface area contributed by atoms with Crippen molar-refractivity contribution in [2.45, 2.75) is 11.1 Å². The Morgan fingerprint density at radius 3 is 2.38 bits per heavy atom. The van der Waals surface area contributed by atoms with Crippen molar-refractivity contribution in [1.82, 2.24) is 0 Å². The summed E-state index contributed by atoms with van der Waals surface area (Å²) in [4.78, 5) is 10.2. The number of rotatable bonds is 8. The topological polar surface area (TPSA) is 123 Å². The van der Waals surface area contributed by atoms with Gasteiger partial charge in [0.05, 0.1) is 34.4 Å². The largest absolute Gasteiger partial charge is 0.495 e. The summed E-state index contributed by atoms with van der Waals surface area (Å²) in [5, 5.41) is 15.2. The van der Waals surface area contributed by atoms with Crippen LogP contribution in [0.4, 0.5) is 30.2 Å². The highest BCUT2D eigenvalue weighted by Gasteiger charge is 2.32. The number of halogens is 3. The second-order valence-corrected chi connectivity index (χ2v) is 8.38. The molecule has 0 spiro atoms. The van der Waals surface area contributed by atoms with E-state index >= 15 is 0 Å². The number of hydrogen-bond donors (Lipinski definition) is 2. The average Bonchev–Trinajstić information content (AvgIpc) is 2.79. The summed E-state index contributed by atoms with van der Waals surface area (Å²) in [6.07, 6.45) is -3.75. The molecule has 3 rings (SSSR count). The highest BCUT2D eigenvalue weighted by molar-refractivity contribution is 7.92. The van der Waals surface area contributed by atoms with Crippen molar-refractivity contribution < 1.29 is 31.2 Å². The number of benzene rings is 3. The lowest BCUT2D eigenvalue weighted by Gasteiger charge is -2.12. The Hall–Kier alpha value is -4.13. The number of hydrazone groups is 1. The molecule has 3 aromatic carbocycles. The molecule has 0 aromatic heterocycles. The Bertz CT molecular complexity index is 1340. The van der Waals surface area contributed by atoms with Gasteiger partial charge in [-0.25, -0.2) is 8.42 Å². The van der Waals surface area contributed by atoms with Gasteiger partial charge in [-0.2, -0.15) is 18.3 Å². The van der Waals surface area contributed by atoms with E-state index in [9.17, 15) is 31.7 Å². The molecule has 0 saturated carbocycles. The van der Waals surface area contributed by atoms with Gasteiger partial charge in [0.2, 0.25) is 0 Å². The third kappa shape index (κ3) is 5.61. The predicted molar refractivity (Wildman–Crippen MR) is 120 cm³/mol. The first-order valence-corrected chi connectivity index (χ1v) is 10.9. The van der Waals surface area contributed by atoms with E-state index in [0.717, 1.165) is 30.5 Å². The standard InChI is InChI=1S/C21H17F3N4O5S/c1-33-20-9-5-4-8-18(20)27-34(31,32)15-10-11-17(19(12-15)28(29)30)26-25-13-14-6-2-3-7-16(14)21(22,23)24/h2-13,26-27H,1H3. The minimum atomic E-state index is -4.61. The van der Waals surface area contributed by atoms with Crippen LogP contribution >= 0.6 is 0 Å². The van der Waals surface area contributed by atoms with Crippen molar-refractivity contribution in [1.29, 1.82) is 0 Å². The van der Waals surface area contributed by atoms with E-state index in [2.05, 4.69) is 15.2 Å². The van der Waals surface area contributed by atoms with Crippen LogP contribution in [0.25, 0.3) is 0 Å². The Balaban J connectivity index is 1.88. The molecular formula is C21H17F3N4O5S. The molecule has 0 aliphatic heterocycles. The second-order valence-electron chi connectivity index (χ2n) is 6.70. The van der Waals surface area contributed by atoms with E-state index in [-0.39, 0.29) is 22.7 Å². The Morgan fingerprint density at radius 1 is 1.03 bits per heavy atom. The molecule has 0 atom stereocenters. The zero-order valence-electron chi connectivity index (χ0n) is 17.4. The zero-order chi connectivity index (χ0) is 24.9. The SMILES string of the molecule is COc1ccccc1NS(=O)(=O)c1ccc(NN=Cc2ccccc2C(F)(F)F)c([N+](=O)[O-])c1. The summed E-state index contributed by atoms with van der Waals surface area (Å²) in [6.45, 7) is 0. The van der Waals surface area contributed by atoms with Crippen LogP contribution in [0, 0.1) is 10.1 Å². The van der Waals surface area contributed by atoms with Crippen LogP contribution in [-0.4, -0.2) is 26.7 Å². The van der Waals surface area contributed by atoms with Gasteiger partial charge >= 0.3 is 6.18 Å². The maximum Gasteiger partial charge on any atom is 0.417 e. The normalized spacial score (nSPS) is 11.9. The molecular weight excluding hydrogens is 477 g/mol. The van der Waals surface area contributed by atoms with Gasteiger partial charge < -0.3 is 4.74 Å². The summed E-state index contributed by atoms with van der Waals surface area (Å²) in [5.74, 6) is 0.243. The van der Waals surface area contributed by atoms with Gasteiger partial charge in [-0.1, -0.05) is 30.3 Å². The number of sulfonamides is 1. The average molecular weight is 494 g/mol. The zero-order valence-corrected chi connectivity index (χ0v) is 18.2. The van der Waals surface area contributed by atoms with E-state index in [1.54, 1.807) is 12.1 Å². The molecule has 0 aliphatic carbocycles. The first kappa shape index (κ1) is 24.5. The van der Waals surface area contributed by atoms with Gasteiger partial charge in [-0.3, -0.25) is 20.3 Å². The van der Waals surface area contributed by atoms with Gasteiger partial charge in [0.25, 0.3) is 15.7 Å². The smallest absolute Gasteiger partial charge is 0.417 e. The number of ether oxygens (including phenoxy) is 1. The summed E-state index contributed by atoms with van der Waals surface area (Å²) < 4.78 is 72.1. The number of para-hydroxylation sites is 2. The number of hydrogen-bond acceptors (Lipinski definition) is 7. The molecule has 0 heterocycles. The molecule has 3 aromatic rings. The maximum atomic E-state index is 13.1. The second kappa shape index (κ2) is 9.79. The molecule has 34 heavy (non-hydrogen) atoms. The first-order valence-electron chi connectivity index (χ1n) is 9.42. The summed E-state index contributed by atoms with van der Waals surface area (Å²) >= 11 is 0. The van der Waals surface area contributed by atoms with Crippen molar-refractivity contribution in [2.75, 3.05) is 17.3 Å². The van der Waals surface area contributed by atoms with Crippen LogP contribution in [0.2, 0.25) is 0 Å². The van der Waals surface area contributed by atoms with Crippen molar-refractivity contribution in [2.24, 2.45) is 5.10 Å². The van der Waals surface area contributed by atoms with Crippen LogP contribution in [0.5, 0.6) is 5.75 Å². The van der Waals surface area contributed by atoms with Gasteiger partial charge in [0.15, 0.2) is 0 Å². The summed E-state index contributed by atoms with van der Waals surface area (Å²) in [6, 6.07) is 13.8. The van der Waals surface area contributed by atoms with Crippen LogP contribution in [0.15, 0.2) is 76.7 Å². The molecule has 0 saturated heterocycles. The number of nitro groups is 1. The molecule has 0 radical (unpaired) electrons. The van der Waals surface area contributed by atoms with E-state index in [4.69, 9.17) is 4.74 Å². The van der Waals surface area contributed by atoms with E-state index < -0.39 is 37.3 Å². The van der Waals surface area contributed by atoms with Crippen molar-refractivity contribution in [3.63, 3.8) is 0 Å². The van der Waals surface area contributed by atoms with Crippen LogP contribution in [-0.2, 0) is 16.2 Å². The molecule has 9 nitrogen and oxygen atoms in total. The number of nitrogens with one attached hydrogen (secondary N) is 2. The van der Waals surface area contributed by atoms with Gasteiger partial charge in [0, 0.05) is 11.6 Å². The highest BCUT2D eigenvalue weighted by atomic mass is 32.2. The number of methoxy groups -OCH3 is 1. The monoisotopic (exact) mass is 494 g/mol. The lowest BCUT2D eigenvalue weighted by molar-refractivity contribution is -0.384. The van der Waals surface area contributed by atoms with Crippen molar-refractivity contribution >= 4 is 33.3 Å². The van der Waals surface area contributed by atoms with Crippen LogP contribution < -0.4 is 14.9 Å². The molecule has 0 unspecified atom stereocenters. The third-order valence-electron chi connectivity index (χ3n) is 4.48. The molecule has 178 valence electrons. The molecule has 0 aliphatic rings. The van der Waals surface area contributed by atoms with Crippen LogP contribution in [0.3, 0.4) is 0 Å². The molecule has 0 bridgehead atoms. The summed E-state index contributed by atoms with van der Waals surface area (Å²) in [5.41, 5.74) is 0.361. The van der Waals surface area contributed by atoms with Gasteiger partial charge in [-0.05, 0) is 30.3 Å². The van der Waals surface area contributed by atoms with E-state index in [1.807, 2.05) is 0 Å². The fourth-order valence-corrected chi connectivity index (χ4v) is 3.99. The van der Waals surface area contributed by atoms with Crippen molar-refractivity contribution in [3.05, 3.63) is 88.0 Å². The maximum absolute atomic E-state index is 13.1. The molecule has 13 heteroatoms. The van der Waals surface area contributed by atoms with Crippen molar-refractivity contribution in [3.8, 4) is 5.75 Å². The Labute approximate surface area is 192 Å². The van der Waals surface area contributed by atoms with Crippen LogP contribution in [0.1, 0.15) is 11.1 Å². The van der Waals surface area contributed by atoms with Gasteiger partial charge in [0.1, 0.15) is 11.4 Å². The summed E-state index contributed by atoms with van der Waals surface area (Å²) in [7, 11) is -2.88. The van der Waals surface area contributed by atoms with E-state index in [0.29, 0.717) is 0 Å². The molecule has 0 fully saturated rings. The quantitative estimate of drug-likeness (QED) is 0.262. The minimum Gasteiger partial charge on any atom is -0.495 e. The Kier molecular flexibility index (Phi) is 7.05. The minimum absolute atomic E-state index is 0.128. The third-order valence-corrected chi connectivity index (χ3v) is 5.85. The van der Waals surface area contributed by atoms with E-state index in [1.165, 1.54) is 37.4 Å². The highest BCUT2D eigenvalue weighted by Crippen LogP contribution is 2.32. The lowest BCUT2D eigenvalue weighted by Crippen LogP contribution is -2.14. The number of nitrogens with zero attached hydrogens (tertiary/aromatic N) is 2. The first-order chi connectivity index (χ1) is 16.0. The predicted octanol–water partition coefficient (Wildman–Crippen LogP) is 4.87. The van der Waals surface area contributed by atoms with Gasteiger partial charge in [-0.15, -0.1) is 0 Å². The number of alkyl halides is 3.